The van der Waals surface area contributed by atoms with Gasteiger partial charge < -0.3 is 20.1 Å². The molecule has 0 aromatic heterocycles. The molecule has 0 spiro atoms. The number of carbonyl (C=O) groups excluding carboxylic acids is 2. The maximum atomic E-state index is 12.3. The fraction of sp³-hybridized carbons (Fsp3) is 0.619. The first-order valence-electron chi connectivity index (χ1n) is 10.00. The minimum absolute atomic E-state index is 0.222. The second-order valence-electron chi connectivity index (χ2n) is 7.91. The summed E-state index contributed by atoms with van der Waals surface area (Å²) in [4.78, 5) is 25.9. The molecule has 1 saturated heterocycles. The van der Waals surface area contributed by atoms with Crippen molar-refractivity contribution in [3.8, 4) is 0 Å². The first kappa shape index (κ1) is 19.8. The van der Waals surface area contributed by atoms with Crippen molar-refractivity contribution in [3.05, 3.63) is 29.8 Å². The second kappa shape index (κ2) is 9.33. The molecule has 2 N–H and O–H groups in total. The van der Waals surface area contributed by atoms with Crippen LogP contribution in [0.2, 0.25) is 0 Å². The number of carbonyl (C=O) groups is 2. The Morgan fingerprint density at radius 3 is 2.89 bits per heavy atom. The van der Waals surface area contributed by atoms with Crippen LogP contribution in [0.3, 0.4) is 0 Å². The molecule has 0 bridgehead atoms. The summed E-state index contributed by atoms with van der Waals surface area (Å²) in [6, 6.07) is 7.43. The highest BCUT2D eigenvalue weighted by Crippen LogP contribution is 2.26. The molecule has 6 nitrogen and oxygen atoms in total. The molecular formula is C21H30N2O4. The number of hydrogen-bond donors (Lipinski definition) is 2. The van der Waals surface area contributed by atoms with Gasteiger partial charge in [0, 0.05) is 18.8 Å². The van der Waals surface area contributed by atoms with Crippen molar-refractivity contribution in [2.24, 2.45) is 5.92 Å². The molecule has 1 saturated carbocycles. The minimum Gasteiger partial charge on any atom is -0.391 e. The predicted molar refractivity (Wildman–Crippen MR) is 103 cm³/mol. The number of ether oxygens (including phenoxy) is 1. The molecule has 6 heteroatoms. The van der Waals surface area contributed by atoms with E-state index in [1.54, 1.807) is 6.07 Å². The van der Waals surface area contributed by atoms with Crippen LogP contribution in [-0.2, 0) is 20.9 Å². The van der Waals surface area contributed by atoms with Crippen LogP contribution in [0.15, 0.2) is 24.3 Å². The third kappa shape index (κ3) is 5.78. The summed E-state index contributed by atoms with van der Waals surface area (Å²) in [6.07, 6.45) is 5.86. The zero-order valence-electron chi connectivity index (χ0n) is 16.0. The van der Waals surface area contributed by atoms with Gasteiger partial charge in [0.15, 0.2) is 0 Å². The van der Waals surface area contributed by atoms with Gasteiger partial charge in [0.25, 0.3) is 0 Å². The van der Waals surface area contributed by atoms with Gasteiger partial charge in [-0.05, 0) is 49.3 Å². The maximum Gasteiger partial charge on any atom is 0.313 e. The number of benzene rings is 1. The third-order valence-corrected chi connectivity index (χ3v) is 5.44. The van der Waals surface area contributed by atoms with Gasteiger partial charge in [-0.25, -0.2) is 0 Å². The quantitative estimate of drug-likeness (QED) is 0.794. The predicted octanol–water partition coefficient (Wildman–Crippen LogP) is 2.70. The first-order chi connectivity index (χ1) is 13.0. The molecule has 2 aliphatic rings. The SMILES string of the molecule is C[C@@H]1CCC[C@@H](OCc2cccc(NC(=O)C(=O)N3CCC[C@H](O)C3)c2)C1. The normalized spacial score (nSPS) is 25.9. The molecule has 1 heterocycles. The van der Waals surface area contributed by atoms with E-state index in [2.05, 4.69) is 12.2 Å². The minimum atomic E-state index is -0.664. The van der Waals surface area contributed by atoms with Crippen LogP contribution in [0.1, 0.15) is 51.0 Å². The lowest BCUT2D eigenvalue weighted by Gasteiger charge is -2.29. The lowest BCUT2D eigenvalue weighted by Crippen LogP contribution is -2.46. The molecule has 3 atom stereocenters. The van der Waals surface area contributed by atoms with Gasteiger partial charge in [-0.1, -0.05) is 31.9 Å². The van der Waals surface area contributed by atoms with Crippen molar-refractivity contribution in [2.75, 3.05) is 18.4 Å². The van der Waals surface area contributed by atoms with Crippen LogP contribution in [0.4, 0.5) is 5.69 Å². The van der Waals surface area contributed by atoms with Crippen LogP contribution < -0.4 is 5.32 Å². The van der Waals surface area contributed by atoms with E-state index in [0.717, 1.165) is 18.4 Å². The molecular weight excluding hydrogens is 344 g/mol. The summed E-state index contributed by atoms with van der Waals surface area (Å²) in [5, 5.41) is 12.4. The maximum absolute atomic E-state index is 12.3. The van der Waals surface area contributed by atoms with Crippen LogP contribution in [0, 0.1) is 5.92 Å². The summed E-state index contributed by atoms with van der Waals surface area (Å²) in [5.74, 6) is -0.538. The largest absolute Gasteiger partial charge is 0.391 e. The smallest absolute Gasteiger partial charge is 0.313 e. The van der Waals surface area contributed by atoms with E-state index < -0.39 is 17.9 Å². The van der Waals surface area contributed by atoms with Crippen LogP contribution in [0.25, 0.3) is 0 Å². The fourth-order valence-corrected chi connectivity index (χ4v) is 3.95. The molecule has 1 aliphatic heterocycles. The first-order valence-corrected chi connectivity index (χ1v) is 10.00. The summed E-state index contributed by atoms with van der Waals surface area (Å²) in [6.45, 7) is 3.51. The van der Waals surface area contributed by atoms with Gasteiger partial charge in [0.2, 0.25) is 0 Å². The third-order valence-electron chi connectivity index (χ3n) is 5.44. The van der Waals surface area contributed by atoms with Crippen molar-refractivity contribution in [3.63, 3.8) is 0 Å². The summed E-state index contributed by atoms with van der Waals surface area (Å²) >= 11 is 0. The number of likely N-dealkylation sites (tertiary alicyclic amines) is 1. The number of piperidine rings is 1. The number of nitrogens with zero attached hydrogens (tertiary/aromatic N) is 1. The summed E-state index contributed by atoms with van der Waals surface area (Å²) < 4.78 is 6.04. The van der Waals surface area contributed by atoms with Crippen molar-refractivity contribution < 1.29 is 19.4 Å². The number of aliphatic hydroxyl groups excluding tert-OH is 1. The van der Waals surface area contributed by atoms with E-state index in [4.69, 9.17) is 4.74 Å². The molecule has 1 aromatic carbocycles. The molecule has 1 aromatic rings. The Kier molecular flexibility index (Phi) is 6.85. The lowest BCUT2D eigenvalue weighted by molar-refractivity contribution is -0.145. The molecule has 3 rings (SSSR count). The average Bonchev–Trinajstić information content (AvgIpc) is 2.66. The Labute approximate surface area is 160 Å². The Hall–Kier alpha value is -1.92. The van der Waals surface area contributed by atoms with Crippen LogP contribution in [0.5, 0.6) is 0 Å². The highest BCUT2D eigenvalue weighted by molar-refractivity contribution is 6.39. The topological polar surface area (TPSA) is 78.9 Å². The number of aliphatic hydroxyl groups is 1. The zero-order chi connectivity index (χ0) is 19.2. The van der Waals surface area contributed by atoms with Crippen LogP contribution in [-0.4, -0.2) is 47.1 Å². The Balaban J connectivity index is 1.52. The van der Waals surface area contributed by atoms with E-state index in [1.807, 2.05) is 18.2 Å². The van der Waals surface area contributed by atoms with Crippen molar-refractivity contribution in [2.45, 2.75) is 64.3 Å². The molecule has 148 valence electrons. The van der Waals surface area contributed by atoms with Crippen LogP contribution >= 0.6 is 0 Å². The Morgan fingerprint density at radius 1 is 1.26 bits per heavy atom. The molecule has 1 aliphatic carbocycles. The number of anilines is 1. The molecule has 2 amide bonds. The van der Waals surface area contributed by atoms with Crippen molar-refractivity contribution in [1.82, 2.24) is 4.90 Å². The molecule has 0 unspecified atom stereocenters. The van der Waals surface area contributed by atoms with E-state index >= 15 is 0 Å². The highest BCUT2D eigenvalue weighted by Gasteiger charge is 2.27. The van der Waals surface area contributed by atoms with Crippen molar-refractivity contribution >= 4 is 17.5 Å². The summed E-state index contributed by atoms with van der Waals surface area (Å²) in [5.41, 5.74) is 1.57. The van der Waals surface area contributed by atoms with E-state index in [1.165, 1.54) is 17.7 Å². The monoisotopic (exact) mass is 374 g/mol. The van der Waals surface area contributed by atoms with E-state index in [-0.39, 0.29) is 6.54 Å². The Bertz CT molecular complexity index is 663. The number of hydrogen-bond acceptors (Lipinski definition) is 4. The van der Waals surface area contributed by atoms with Gasteiger partial charge in [-0.3, -0.25) is 9.59 Å². The van der Waals surface area contributed by atoms with Gasteiger partial charge in [0.05, 0.1) is 18.8 Å². The van der Waals surface area contributed by atoms with Gasteiger partial charge in [-0.15, -0.1) is 0 Å². The average molecular weight is 374 g/mol. The lowest BCUT2D eigenvalue weighted by atomic mass is 9.89. The van der Waals surface area contributed by atoms with E-state index in [0.29, 0.717) is 43.7 Å². The fourth-order valence-electron chi connectivity index (χ4n) is 3.95. The van der Waals surface area contributed by atoms with Gasteiger partial charge >= 0.3 is 11.8 Å². The molecule has 0 radical (unpaired) electrons. The Morgan fingerprint density at radius 2 is 2.11 bits per heavy atom. The summed E-state index contributed by atoms with van der Waals surface area (Å²) in [7, 11) is 0. The van der Waals surface area contributed by atoms with Gasteiger partial charge in [-0.2, -0.15) is 0 Å². The standard InChI is InChI=1S/C21H30N2O4/c1-15-5-2-9-19(11-15)27-14-16-6-3-7-17(12-16)22-20(25)21(26)23-10-4-8-18(24)13-23/h3,6-7,12,15,18-19,24H,2,4-5,8-11,13-14H2,1H3,(H,22,25)/t15-,18+,19-/m1/s1. The van der Waals surface area contributed by atoms with Gasteiger partial charge in [0.1, 0.15) is 0 Å². The number of β-amino-alcohol motifs (C(OH)–C–C–N with tert-alkyl or cyclic N) is 1. The highest BCUT2D eigenvalue weighted by atomic mass is 16.5. The number of nitrogens with one attached hydrogen (secondary N) is 1. The molecule has 27 heavy (non-hydrogen) atoms. The zero-order valence-corrected chi connectivity index (χ0v) is 16.0. The number of amides is 2. The van der Waals surface area contributed by atoms with Crippen molar-refractivity contribution in [1.29, 1.82) is 0 Å². The molecule has 2 fully saturated rings. The number of rotatable bonds is 4. The van der Waals surface area contributed by atoms with E-state index in [9.17, 15) is 14.7 Å². The second-order valence-corrected chi connectivity index (χ2v) is 7.91.